The van der Waals surface area contributed by atoms with E-state index < -0.39 is 23.3 Å². The second-order valence-electron chi connectivity index (χ2n) is 6.57. The average Bonchev–Trinajstić information content (AvgIpc) is 2.50. The summed E-state index contributed by atoms with van der Waals surface area (Å²) in [5.41, 5.74) is -0.0705. The Hall–Kier alpha value is -1.38. The number of alkyl halides is 3. The number of piperazine rings is 1. The fourth-order valence-corrected chi connectivity index (χ4v) is 3.08. The Balaban J connectivity index is 2.34. The van der Waals surface area contributed by atoms with Crippen molar-refractivity contribution in [3.63, 3.8) is 0 Å². The third-order valence-electron chi connectivity index (χ3n) is 4.16. The third-order valence-corrected chi connectivity index (χ3v) is 4.16. The number of rotatable bonds is 5. The van der Waals surface area contributed by atoms with Crippen LogP contribution in [-0.2, 0) is 0 Å². The molecule has 1 aliphatic rings. The molecule has 0 unspecified atom stereocenters. The molecule has 136 valence electrons. The molecule has 1 atom stereocenters. The highest BCUT2D eigenvalue weighted by atomic mass is 19.4. The Morgan fingerprint density at radius 1 is 1.25 bits per heavy atom. The zero-order chi connectivity index (χ0) is 18.0. The summed E-state index contributed by atoms with van der Waals surface area (Å²) in [4.78, 5) is 2.10. The number of benzene rings is 1. The van der Waals surface area contributed by atoms with Gasteiger partial charge in [0.05, 0.1) is 0 Å². The van der Waals surface area contributed by atoms with Gasteiger partial charge in [-0.3, -0.25) is 4.90 Å². The number of hydrogen-bond donors (Lipinski definition) is 2. The molecular formula is C16H22F4N2O2. The topological polar surface area (TPSA) is 44.7 Å². The van der Waals surface area contributed by atoms with Crippen LogP contribution in [-0.4, -0.2) is 49.2 Å². The standard InChI is InChI=1S/C16H22F4N2O2/c1-15(2,10-23)14(22-7-5-21-6-8-22)11-3-4-13(12(17)9-11)24-16(18,19)20/h3-4,9,14,21,23H,5-8,10H2,1-2H3/t14-/m0/s1. The molecular weight excluding hydrogens is 328 g/mol. The summed E-state index contributed by atoms with van der Waals surface area (Å²) in [6.45, 7) is 6.48. The molecule has 1 aromatic rings. The molecule has 0 aliphatic carbocycles. The number of hydrogen-bond acceptors (Lipinski definition) is 4. The molecule has 4 nitrogen and oxygen atoms in total. The Labute approximate surface area is 138 Å². The lowest BCUT2D eigenvalue weighted by atomic mass is 9.79. The predicted molar refractivity (Wildman–Crippen MR) is 81.1 cm³/mol. The highest BCUT2D eigenvalue weighted by Crippen LogP contribution is 2.39. The lowest BCUT2D eigenvalue weighted by Gasteiger charge is -2.43. The number of ether oxygens (including phenoxy) is 1. The van der Waals surface area contributed by atoms with Gasteiger partial charge in [0.1, 0.15) is 0 Å². The Morgan fingerprint density at radius 2 is 1.88 bits per heavy atom. The fraction of sp³-hybridized carbons (Fsp3) is 0.625. The normalized spacial score (nSPS) is 18.5. The van der Waals surface area contributed by atoms with E-state index in [1.165, 1.54) is 6.07 Å². The summed E-state index contributed by atoms with van der Waals surface area (Å²) < 4.78 is 54.6. The average molecular weight is 350 g/mol. The molecule has 1 aliphatic heterocycles. The van der Waals surface area contributed by atoms with Crippen LogP contribution < -0.4 is 10.1 Å². The van der Waals surface area contributed by atoms with Gasteiger partial charge in [-0.25, -0.2) is 4.39 Å². The van der Waals surface area contributed by atoms with Crippen molar-refractivity contribution in [3.8, 4) is 5.75 Å². The van der Waals surface area contributed by atoms with Crippen LogP contribution in [0.15, 0.2) is 18.2 Å². The monoisotopic (exact) mass is 350 g/mol. The minimum absolute atomic E-state index is 0.135. The summed E-state index contributed by atoms with van der Waals surface area (Å²) in [6, 6.07) is 3.15. The largest absolute Gasteiger partial charge is 0.573 e. The Bertz CT molecular complexity index is 557. The van der Waals surface area contributed by atoms with Crippen molar-refractivity contribution < 1.29 is 27.4 Å². The van der Waals surface area contributed by atoms with Gasteiger partial charge in [-0.1, -0.05) is 19.9 Å². The van der Waals surface area contributed by atoms with Crippen LogP contribution in [0.5, 0.6) is 5.75 Å². The maximum absolute atomic E-state index is 14.1. The van der Waals surface area contributed by atoms with E-state index in [0.29, 0.717) is 18.7 Å². The molecule has 2 rings (SSSR count). The second kappa shape index (κ2) is 7.25. The van der Waals surface area contributed by atoms with E-state index in [-0.39, 0.29) is 12.6 Å². The van der Waals surface area contributed by atoms with Gasteiger partial charge in [0.25, 0.3) is 0 Å². The van der Waals surface area contributed by atoms with Crippen LogP contribution in [0.2, 0.25) is 0 Å². The molecule has 2 N–H and O–H groups in total. The first-order valence-corrected chi connectivity index (χ1v) is 7.75. The van der Waals surface area contributed by atoms with Crippen molar-refractivity contribution in [1.82, 2.24) is 10.2 Å². The minimum atomic E-state index is -4.94. The van der Waals surface area contributed by atoms with Gasteiger partial charge in [0.15, 0.2) is 11.6 Å². The zero-order valence-corrected chi connectivity index (χ0v) is 13.7. The van der Waals surface area contributed by atoms with Gasteiger partial charge in [-0.2, -0.15) is 0 Å². The Morgan fingerprint density at radius 3 is 2.38 bits per heavy atom. The van der Waals surface area contributed by atoms with E-state index in [4.69, 9.17) is 0 Å². The van der Waals surface area contributed by atoms with Gasteiger partial charge in [0, 0.05) is 44.2 Å². The van der Waals surface area contributed by atoms with E-state index in [0.717, 1.165) is 25.2 Å². The molecule has 24 heavy (non-hydrogen) atoms. The van der Waals surface area contributed by atoms with Crippen molar-refractivity contribution in [2.75, 3.05) is 32.8 Å². The van der Waals surface area contributed by atoms with Gasteiger partial charge in [-0.05, 0) is 17.7 Å². The van der Waals surface area contributed by atoms with Gasteiger partial charge in [0.2, 0.25) is 0 Å². The summed E-state index contributed by atoms with van der Waals surface area (Å²) in [5, 5.41) is 12.9. The predicted octanol–water partition coefficient (Wildman–Crippen LogP) is 2.69. The molecule has 0 amide bonds. The van der Waals surface area contributed by atoms with Crippen molar-refractivity contribution >= 4 is 0 Å². The summed E-state index contributed by atoms with van der Waals surface area (Å²) in [5.74, 6) is -1.93. The first kappa shape index (κ1) is 19.0. The maximum Gasteiger partial charge on any atom is 0.573 e. The van der Waals surface area contributed by atoms with Crippen molar-refractivity contribution in [2.24, 2.45) is 5.41 Å². The molecule has 0 aromatic heterocycles. The number of nitrogens with zero attached hydrogens (tertiary/aromatic N) is 1. The number of aliphatic hydroxyl groups is 1. The first-order valence-electron chi connectivity index (χ1n) is 7.75. The van der Waals surface area contributed by atoms with E-state index in [1.807, 2.05) is 13.8 Å². The van der Waals surface area contributed by atoms with Crippen LogP contribution in [0.25, 0.3) is 0 Å². The van der Waals surface area contributed by atoms with Crippen LogP contribution in [0.4, 0.5) is 17.6 Å². The van der Waals surface area contributed by atoms with Gasteiger partial charge >= 0.3 is 6.36 Å². The highest BCUT2D eigenvalue weighted by molar-refractivity contribution is 5.32. The lowest BCUT2D eigenvalue weighted by molar-refractivity contribution is -0.275. The summed E-state index contributed by atoms with van der Waals surface area (Å²) >= 11 is 0. The highest BCUT2D eigenvalue weighted by Gasteiger charge is 2.37. The van der Waals surface area contributed by atoms with Crippen molar-refractivity contribution in [3.05, 3.63) is 29.6 Å². The summed E-state index contributed by atoms with van der Waals surface area (Å²) in [7, 11) is 0. The molecule has 1 fully saturated rings. The minimum Gasteiger partial charge on any atom is -0.403 e. The quantitative estimate of drug-likeness (QED) is 0.802. The van der Waals surface area contributed by atoms with E-state index in [2.05, 4.69) is 15.0 Å². The number of nitrogens with one attached hydrogen (secondary N) is 1. The maximum atomic E-state index is 14.1. The van der Waals surface area contributed by atoms with Crippen LogP contribution in [0.1, 0.15) is 25.5 Å². The molecule has 1 saturated heterocycles. The lowest BCUT2D eigenvalue weighted by Crippen LogP contribution is -2.49. The molecule has 0 saturated carbocycles. The fourth-order valence-electron chi connectivity index (χ4n) is 3.08. The van der Waals surface area contributed by atoms with Crippen LogP contribution in [0, 0.1) is 11.2 Å². The van der Waals surface area contributed by atoms with E-state index in [1.54, 1.807) is 0 Å². The van der Waals surface area contributed by atoms with Gasteiger partial charge < -0.3 is 15.2 Å². The molecule has 0 spiro atoms. The van der Waals surface area contributed by atoms with Crippen LogP contribution >= 0.6 is 0 Å². The SMILES string of the molecule is CC(C)(CO)[C@H](c1ccc(OC(F)(F)F)c(F)c1)N1CCNCC1. The Kier molecular flexibility index (Phi) is 5.72. The first-order chi connectivity index (χ1) is 11.1. The zero-order valence-electron chi connectivity index (χ0n) is 13.7. The third kappa shape index (κ3) is 4.58. The molecule has 1 heterocycles. The van der Waals surface area contributed by atoms with Gasteiger partial charge in [-0.15, -0.1) is 13.2 Å². The molecule has 8 heteroatoms. The van der Waals surface area contributed by atoms with Crippen molar-refractivity contribution in [1.29, 1.82) is 0 Å². The van der Waals surface area contributed by atoms with E-state index >= 15 is 0 Å². The summed E-state index contributed by atoms with van der Waals surface area (Å²) in [6.07, 6.45) is -4.94. The molecule has 0 bridgehead atoms. The second-order valence-corrected chi connectivity index (χ2v) is 6.57. The number of aliphatic hydroxyl groups excluding tert-OH is 1. The van der Waals surface area contributed by atoms with E-state index in [9.17, 15) is 22.7 Å². The number of halogens is 4. The molecule has 0 radical (unpaired) electrons. The molecule has 1 aromatic carbocycles. The smallest absolute Gasteiger partial charge is 0.403 e. The van der Waals surface area contributed by atoms with Crippen LogP contribution in [0.3, 0.4) is 0 Å². The van der Waals surface area contributed by atoms with Crippen molar-refractivity contribution in [2.45, 2.75) is 26.3 Å².